The molecule has 0 saturated carbocycles. The van der Waals surface area contributed by atoms with E-state index in [2.05, 4.69) is 10.4 Å². The van der Waals surface area contributed by atoms with Crippen molar-refractivity contribution in [1.82, 2.24) is 19.7 Å². The molecule has 1 N–H and O–H groups in total. The summed E-state index contributed by atoms with van der Waals surface area (Å²) in [5, 5.41) is 7.39. The molecule has 2 aromatic heterocycles. The Kier molecular flexibility index (Phi) is 6.43. The van der Waals surface area contributed by atoms with Crippen molar-refractivity contribution < 1.29 is 9.00 Å². The lowest BCUT2D eigenvalue weighted by atomic mass is 10.1. The van der Waals surface area contributed by atoms with Crippen LogP contribution in [0.5, 0.6) is 0 Å². The fraction of sp³-hybridized carbons (Fsp3) is 0.167. The van der Waals surface area contributed by atoms with E-state index in [4.69, 9.17) is 0 Å². The first-order valence-electron chi connectivity index (χ1n) is 10.0. The third-order valence-corrected chi connectivity index (χ3v) is 6.23. The van der Waals surface area contributed by atoms with Crippen molar-refractivity contribution in [3.63, 3.8) is 0 Å². The van der Waals surface area contributed by atoms with Gasteiger partial charge in [-0.25, -0.2) is 4.68 Å². The summed E-state index contributed by atoms with van der Waals surface area (Å²) in [7, 11) is -1.36. The molecule has 0 radical (unpaired) electrons. The summed E-state index contributed by atoms with van der Waals surface area (Å²) in [6.45, 7) is 2.44. The van der Waals surface area contributed by atoms with E-state index in [0.717, 1.165) is 28.2 Å². The SMILES string of the molecule is Cc1ccccc1CNC(=O)C[S@@](=O)Cc1cnn(-c2ccccc2)c1-n1cccc1. The zero-order chi connectivity index (χ0) is 21.6. The molecular formula is C24H24N4O2S. The quantitative estimate of drug-likeness (QED) is 0.463. The van der Waals surface area contributed by atoms with Gasteiger partial charge in [0.05, 0.1) is 17.6 Å². The van der Waals surface area contributed by atoms with Crippen LogP contribution in [-0.4, -0.2) is 30.2 Å². The van der Waals surface area contributed by atoms with Gasteiger partial charge in [-0.05, 0) is 42.3 Å². The van der Waals surface area contributed by atoms with Crippen LogP contribution >= 0.6 is 0 Å². The molecule has 0 aliphatic rings. The summed E-state index contributed by atoms with van der Waals surface area (Å²) in [6.07, 6.45) is 5.58. The maximum Gasteiger partial charge on any atom is 0.232 e. The van der Waals surface area contributed by atoms with E-state index in [9.17, 15) is 9.00 Å². The predicted molar refractivity (Wildman–Crippen MR) is 123 cm³/mol. The molecule has 1 atom stereocenters. The van der Waals surface area contributed by atoms with Gasteiger partial charge in [0.25, 0.3) is 0 Å². The fourth-order valence-electron chi connectivity index (χ4n) is 3.41. The van der Waals surface area contributed by atoms with Gasteiger partial charge < -0.3 is 9.88 Å². The van der Waals surface area contributed by atoms with Crippen molar-refractivity contribution in [3.8, 4) is 11.5 Å². The second-order valence-electron chi connectivity index (χ2n) is 7.26. The molecule has 6 nitrogen and oxygen atoms in total. The Labute approximate surface area is 184 Å². The Bertz CT molecular complexity index is 1180. The second-order valence-corrected chi connectivity index (χ2v) is 8.72. The third kappa shape index (κ3) is 5.00. The number of para-hydroxylation sites is 1. The molecule has 0 aliphatic carbocycles. The van der Waals surface area contributed by atoms with Crippen LogP contribution in [0.15, 0.2) is 85.3 Å². The average Bonchev–Trinajstić information content (AvgIpc) is 3.43. The first-order valence-corrected chi connectivity index (χ1v) is 11.5. The molecule has 4 aromatic rings. The lowest BCUT2D eigenvalue weighted by molar-refractivity contribution is -0.118. The summed E-state index contributed by atoms with van der Waals surface area (Å²) >= 11 is 0. The number of carbonyl (C=O) groups is 1. The van der Waals surface area contributed by atoms with Gasteiger partial charge in [0.1, 0.15) is 11.6 Å². The molecule has 0 fully saturated rings. The van der Waals surface area contributed by atoms with Gasteiger partial charge in [-0.3, -0.25) is 9.00 Å². The van der Waals surface area contributed by atoms with Crippen LogP contribution in [0, 0.1) is 6.92 Å². The maximum atomic E-state index is 12.8. The highest BCUT2D eigenvalue weighted by Crippen LogP contribution is 2.21. The molecule has 0 spiro atoms. The van der Waals surface area contributed by atoms with Crippen LogP contribution < -0.4 is 5.32 Å². The molecule has 158 valence electrons. The van der Waals surface area contributed by atoms with Crippen molar-refractivity contribution in [2.75, 3.05) is 5.75 Å². The number of hydrogen-bond acceptors (Lipinski definition) is 3. The predicted octanol–water partition coefficient (Wildman–Crippen LogP) is 3.54. The largest absolute Gasteiger partial charge is 0.351 e. The van der Waals surface area contributed by atoms with Crippen molar-refractivity contribution in [3.05, 3.63) is 102 Å². The number of benzene rings is 2. The lowest BCUT2D eigenvalue weighted by Crippen LogP contribution is -2.28. The number of carbonyl (C=O) groups excluding carboxylic acids is 1. The number of nitrogens with one attached hydrogen (secondary N) is 1. The lowest BCUT2D eigenvalue weighted by Gasteiger charge is -2.11. The van der Waals surface area contributed by atoms with Gasteiger partial charge in [0, 0.05) is 35.3 Å². The Morgan fingerprint density at radius 3 is 2.42 bits per heavy atom. The minimum absolute atomic E-state index is 0.0481. The molecule has 2 heterocycles. The highest BCUT2D eigenvalue weighted by atomic mass is 32.2. The molecule has 2 aromatic carbocycles. The molecule has 0 bridgehead atoms. The maximum absolute atomic E-state index is 12.8. The van der Waals surface area contributed by atoms with Crippen LogP contribution in [-0.2, 0) is 27.9 Å². The zero-order valence-electron chi connectivity index (χ0n) is 17.3. The van der Waals surface area contributed by atoms with Crippen molar-refractivity contribution in [2.24, 2.45) is 0 Å². The summed E-state index contributed by atoms with van der Waals surface area (Å²) < 4.78 is 16.5. The van der Waals surface area contributed by atoms with E-state index >= 15 is 0 Å². The number of rotatable bonds is 8. The van der Waals surface area contributed by atoms with Gasteiger partial charge in [0.2, 0.25) is 5.91 Å². The van der Waals surface area contributed by atoms with E-state index in [1.165, 1.54) is 0 Å². The van der Waals surface area contributed by atoms with Crippen LogP contribution in [0.1, 0.15) is 16.7 Å². The average molecular weight is 433 g/mol. The molecule has 7 heteroatoms. The van der Waals surface area contributed by atoms with Crippen molar-refractivity contribution in [2.45, 2.75) is 19.2 Å². The Balaban J connectivity index is 1.46. The van der Waals surface area contributed by atoms with Crippen molar-refractivity contribution >= 4 is 16.7 Å². The molecule has 0 aliphatic heterocycles. The molecule has 31 heavy (non-hydrogen) atoms. The first kappa shape index (κ1) is 20.8. The topological polar surface area (TPSA) is 68.9 Å². The molecule has 0 saturated heterocycles. The smallest absolute Gasteiger partial charge is 0.232 e. The molecule has 4 rings (SSSR count). The van der Waals surface area contributed by atoms with Crippen LogP contribution in [0.4, 0.5) is 0 Å². The summed E-state index contributed by atoms with van der Waals surface area (Å²) in [5.74, 6) is 0.801. The Morgan fingerprint density at radius 1 is 0.968 bits per heavy atom. The second kappa shape index (κ2) is 9.57. The number of amides is 1. The van der Waals surface area contributed by atoms with E-state index in [1.54, 1.807) is 6.20 Å². The van der Waals surface area contributed by atoms with E-state index in [-0.39, 0.29) is 17.4 Å². The molecule has 1 amide bonds. The van der Waals surface area contributed by atoms with Crippen LogP contribution in [0.3, 0.4) is 0 Å². The van der Waals surface area contributed by atoms with Crippen LogP contribution in [0.2, 0.25) is 0 Å². The van der Waals surface area contributed by atoms with Crippen LogP contribution in [0.25, 0.3) is 11.5 Å². The molecule has 0 unspecified atom stereocenters. The van der Waals surface area contributed by atoms with E-state index in [0.29, 0.717) is 6.54 Å². The normalized spacial score (nSPS) is 11.9. The Morgan fingerprint density at radius 2 is 1.68 bits per heavy atom. The minimum Gasteiger partial charge on any atom is -0.351 e. The highest BCUT2D eigenvalue weighted by molar-refractivity contribution is 7.84. The van der Waals surface area contributed by atoms with Gasteiger partial charge in [0.15, 0.2) is 0 Å². The zero-order valence-corrected chi connectivity index (χ0v) is 18.1. The highest BCUT2D eigenvalue weighted by Gasteiger charge is 2.17. The fourth-order valence-corrected chi connectivity index (χ4v) is 4.46. The van der Waals surface area contributed by atoms with E-state index in [1.807, 2.05) is 95.3 Å². The molecular weight excluding hydrogens is 408 g/mol. The Hall–Kier alpha value is -3.45. The summed E-state index contributed by atoms with van der Waals surface area (Å²) in [5.41, 5.74) is 3.92. The van der Waals surface area contributed by atoms with Gasteiger partial charge in [-0.15, -0.1) is 0 Å². The monoisotopic (exact) mass is 432 g/mol. The number of nitrogens with zero attached hydrogens (tertiary/aromatic N) is 3. The summed E-state index contributed by atoms with van der Waals surface area (Å²) in [6, 6.07) is 21.6. The van der Waals surface area contributed by atoms with Gasteiger partial charge in [-0.1, -0.05) is 42.5 Å². The van der Waals surface area contributed by atoms with Crippen molar-refractivity contribution in [1.29, 1.82) is 0 Å². The number of hydrogen-bond donors (Lipinski definition) is 1. The standard InChI is InChI=1S/C24H24N4O2S/c1-19-9-5-6-10-20(19)15-25-23(29)18-31(30)17-21-16-26-28(22-11-3-2-4-12-22)24(21)27-13-7-8-14-27/h2-14,16H,15,17-18H2,1H3,(H,25,29)/t31-/m0/s1. The third-order valence-electron chi connectivity index (χ3n) is 5.01. The number of aryl methyl sites for hydroxylation is 1. The minimum atomic E-state index is -1.36. The first-order chi connectivity index (χ1) is 15.1. The van der Waals surface area contributed by atoms with Gasteiger partial charge >= 0.3 is 0 Å². The van der Waals surface area contributed by atoms with Gasteiger partial charge in [-0.2, -0.15) is 5.10 Å². The number of aromatic nitrogens is 3. The van der Waals surface area contributed by atoms with E-state index < -0.39 is 10.8 Å². The summed E-state index contributed by atoms with van der Waals surface area (Å²) in [4.78, 5) is 12.3.